The number of hydrogen-bond acceptors (Lipinski definition) is 3. The first-order chi connectivity index (χ1) is 11.6. The minimum absolute atomic E-state index is 0.165. The summed E-state index contributed by atoms with van der Waals surface area (Å²) in [6.45, 7) is 7.13. The first kappa shape index (κ1) is 17.7. The van der Waals surface area contributed by atoms with E-state index in [9.17, 15) is 9.59 Å². The number of aryl methyl sites for hydroxylation is 1. The predicted octanol–water partition coefficient (Wildman–Crippen LogP) is 3.38. The largest absolute Gasteiger partial charge is 0.338 e. The van der Waals surface area contributed by atoms with E-state index in [-0.39, 0.29) is 17.5 Å². The van der Waals surface area contributed by atoms with Gasteiger partial charge in [-0.2, -0.15) is 0 Å². The van der Waals surface area contributed by atoms with E-state index < -0.39 is 0 Å². The monoisotopic (exact) mass is 325 g/mol. The number of amides is 2. The highest BCUT2D eigenvalue weighted by molar-refractivity contribution is 6.05. The summed E-state index contributed by atoms with van der Waals surface area (Å²) in [5.41, 5.74) is 2.64. The van der Waals surface area contributed by atoms with Crippen molar-refractivity contribution in [3.05, 3.63) is 59.4 Å². The van der Waals surface area contributed by atoms with Crippen LogP contribution in [-0.4, -0.2) is 34.8 Å². The van der Waals surface area contributed by atoms with Crippen LogP contribution in [0.3, 0.4) is 0 Å². The van der Waals surface area contributed by atoms with Crippen LogP contribution in [0.25, 0.3) is 0 Å². The summed E-state index contributed by atoms with van der Waals surface area (Å²) in [4.78, 5) is 30.5. The van der Waals surface area contributed by atoms with Crippen LogP contribution >= 0.6 is 0 Å². The van der Waals surface area contributed by atoms with Crippen LogP contribution < -0.4 is 5.32 Å². The van der Waals surface area contributed by atoms with E-state index in [1.807, 2.05) is 38.1 Å². The zero-order valence-corrected chi connectivity index (χ0v) is 14.4. The maximum Gasteiger partial charge on any atom is 0.272 e. The molecular weight excluding hydrogens is 302 g/mol. The van der Waals surface area contributed by atoms with Gasteiger partial charge in [0.05, 0.1) is 0 Å². The number of nitrogens with zero attached hydrogens (tertiary/aromatic N) is 2. The van der Waals surface area contributed by atoms with Crippen LogP contribution in [0.1, 0.15) is 47.2 Å². The molecule has 2 aromatic rings. The Hall–Kier alpha value is -2.69. The third-order valence-corrected chi connectivity index (χ3v) is 3.91. The van der Waals surface area contributed by atoms with Crippen molar-refractivity contribution in [2.75, 3.05) is 18.4 Å². The lowest BCUT2D eigenvalue weighted by Gasteiger charge is -2.18. The third kappa shape index (κ3) is 4.19. The molecule has 0 spiro atoms. The molecule has 5 nitrogen and oxygen atoms in total. The van der Waals surface area contributed by atoms with E-state index in [2.05, 4.69) is 17.2 Å². The highest BCUT2D eigenvalue weighted by Gasteiger charge is 2.16. The van der Waals surface area contributed by atoms with E-state index in [1.54, 1.807) is 11.0 Å². The van der Waals surface area contributed by atoms with Gasteiger partial charge in [0.15, 0.2) is 0 Å². The van der Waals surface area contributed by atoms with Gasteiger partial charge >= 0.3 is 0 Å². The van der Waals surface area contributed by atoms with Gasteiger partial charge in [-0.3, -0.25) is 14.6 Å². The van der Waals surface area contributed by atoms with E-state index in [0.29, 0.717) is 18.7 Å². The van der Waals surface area contributed by atoms with Gasteiger partial charge in [-0.1, -0.05) is 19.1 Å². The van der Waals surface area contributed by atoms with Gasteiger partial charge in [-0.05, 0) is 50.1 Å². The van der Waals surface area contributed by atoms with Crippen molar-refractivity contribution in [3.63, 3.8) is 0 Å². The van der Waals surface area contributed by atoms with E-state index in [1.165, 1.54) is 17.8 Å². The average molecular weight is 325 g/mol. The molecular formula is C19H23N3O2. The zero-order valence-electron chi connectivity index (χ0n) is 14.4. The molecule has 0 fully saturated rings. The van der Waals surface area contributed by atoms with Crippen molar-refractivity contribution in [2.45, 2.75) is 27.2 Å². The molecule has 0 aliphatic heterocycles. The lowest BCUT2D eigenvalue weighted by Crippen LogP contribution is -2.31. The summed E-state index contributed by atoms with van der Waals surface area (Å²) >= 11 is 0. The topological polar surface area (TPSA) is 62.3 Å². The fourth-order valence-corrected chi connectivity index (χ4v) is 2.39. The Balaban J connectivity index is 2.14. The predicted molar refractivity (Wildman–Crippen MR) is 95.3 cm³/mol. The number of benzene rings is 1. The SMILES string of the molecule is CCc1ccc(NC(=O)c2ccnc(C(=O)N(CC)CC)c2)cc1. The van der Waals surface area contributed by atoms with Crippen LogP contribution in [0.2, 0.25) is 0 Å². The van der Waals surface area contributed by atoms with Gasteiger partial charge in [0.1, 0.15) is 5.69 Å². The van der Waals surface area contributed by atoms with Gasteiger partial charge in [0.25, 0.3) is 11.8 Å². The Bertz CT molecular complexity index is 707. The first-order valence-electron chi connectivity index (χ1n) is 8.24. The second-order valence-corrected chi connectivity index (χ2v) is 5.41. The van der Waals surface area contributed by atoms with Crippen molar-refractivity contribution in [2.24, 2.45) is 0 Å². The summed E-state index contributed by atoms with van der Waals surface area (Å²) < 4.78 is 0. The molecule has 2 rings (SSSR count). The summed E-state index contributed by atoms with van der Waals surface area (Å²) in [6.07, 6.45) is 2.45. The Morgan fingerprint density at radius 2 is 1.71 bits per heavy atom. The van der Waals surface area contributed by atoms with Gasteiger partial charge in [-0.15, -0.1) is 0 Å². The highest BCUT2D eigenvalue weighted by Crippen LogP contribution is 2.13. The molecule has 0 saturated carbocycles. The molecule has 0 atom stereocenters. The van der Waals surface area contributed by atoms with Crippen molar-refractivity contribution in [1.82, 2.24) is 9.88 Å². The van der Waals surface area contributed by atoms with E-state index in [4.69, 9.17) is 0 Å². The molecule has 0 aliphatic carbocycles. The maximum atomic E-state index is 12.4. The van der Waals surface area contributed by atoms with Crippen molar-refractivity contribution in [3.8, 4) is 0 Å². The van der Waals surface area contributed by atoms with Crippen LogP contribution in [0, 0.1) is 0 Å². The van der Waals surface area contributed by atoms with Crippen molar-refractivity contribution < 1.29 is 9.59 Å². The number of nitrogens with one attached hydrogen (secondary N) is 1. The normalized spacial score (nSPS) is 10.3. The first-order valence-corrected chi connectivity index (χ1v) is 8.24. The Kier molecular flexibility index (Phi) is 6.07. The van der Waals surface area contributed by atoms with Gasteiger partial charge in [0.2, 0.25) is 0 Å². The minimum atomic E-state index is -0.254. The van der Waals surface area contributed by atoms with Gasteiger partial charge < -0.3 is 10.2 Å². The van der Waals surface area contributed by atoms with Crippen LogP contribution in [-0.2, 0) is 6.42 Å². The van der Waals surface area contributed by atoms with E-state index >= 15 is 0 Å². The van der Waals surface area contributed by atoms with Crippen LogP contribution in [0.4, 0.5) is 5.69 Å². The second kappa shape index (κ2) is 8.24. The van der Waals surface area contributed by atoms with Gasteiger partial charge in [0, 0.05) is 30.5 Å². The summed E-state index contributed by atoms with van der Waals surface area (Å²) in [7, 11) is 0. The standard InChI is InChI=1S/C19H23N3O2/c1-4-14-7-9-16(10-8-14)21-18(23)15-11-12-20-17(13-15)19(24)22(5-2)6-3/h7-13H,4-6H2,1-3H3,(H,21,23). The molecule has 24 heavy (non-hydrogen) atoms. The number of rotatable bonds is 6. The minimum Gasteiger partial charge on any atom is -0.338 e. The number of aromatic nitrogens is 1. The number of hydrogen-bond donors (Lipinski definition) is 1. The molecule has 0 unspecified atom stereocenters. The third-order valence-electron chi connectivity index (χ3n) is 3.91. The van der Waals surface area contributed by atoms with Gasteiger partial charge in [-0.25, -0.2) is 0 Å². The average Bonchev–Trinajstić information content (AvgIpc) is 2.63. The fourth-order valence-electron chi connectivity index (χ4n) is 2.39. The molecule has 0 bridgehead atoms. The number of carbonyl (C=O) groups is 2. The molecule has 1 N–H and O–H groups in total. The number of anilines is 1. The lowest BCUT2D eigenvalue weighted by molar-refractivity contribution is 0.0767. The lowest BCUT2D eigenvalue weighted by atomic mass is 10.1. The Morgan fingerprint density at radius 1 is 1.04 bits per heavy atom. The maximum absolute atomic E-state index is 12.4. The van der Waals surface area contributed by atoms with E-state index in [0.717, 1.165) is 12.1 Å². The quantitative estimate of drug-likeness (QED) is 0.885. The molecule has 0 aliphatic rings. The summed E-state index contributed by atoms with van der Waals surface area (Å²) in [5, 5.41) is 2.84. The molecule has 5 heteroatoms. The highest BCUT2D eigenvalue weighted by atomic mass is 16.2. The molecule has 2 amide bonds. The fraction of sp³-hybridized carbons (Fsp3) is 0.316. The molecule has 1 aromatic carbocycles. The number of carbonyl (C=O) groups excluding carboxylic acids is 2. The molecule has 126 valence electrons. The van der Waals surface area contributed by atoms with Crippen molar-refractivity contribution >= 4 is 17.5 Å². The molecule has 0 radical (unpaired) electrons. The zero-order chi connectivity index (χ0) is 17.5. The summed E-state index contributed by atoms with van der Waals surface area (Å²) in [5.74, 6) is -0.419. The van der Waals surface area contributed by atoms with Crippen LogP contribution in [0.15, 0.2) is 42.6 Å². The second-order valence-electron chi connectivity index (χ2n) is 5.41. The van der Waals surface area contributed by atoms with Crippen LogP contribution in [0.5, 0.6) is 0 Å². The summed E-state index contributed by atoms with van der Waals surface area (Å²) in [6, 6.07) is 10.9. The molecule has 0 saturated heterocycles. The molecule has 1 aromatic heterocycles. The molecule has 1 heterocycles. The smallest absolute Gasteiger partial charge is 0.272 e. The van der Waals surface area contributed by atoms with Crippen molar-refractivity contribution in [1.29, 1.82) is 0 Å². The Morgan fingerprint density at radius 3 is 2.29 bits per heavy atom. The number of pyridine rings is 1. The Labute approximate surface area is 142 Å².